The Morgan fingerprint density at radius 2 is 2.50 bits per heavy atom. The summed E-state index contributed by atoms with van der Waals surface area (Å²) in [5, 5.41) is 11.4. The van der Waals surface area contributed by atoms with E-state index < -0.39 is 0 Å². The van der Waals surface area contributed by atoms with E-state index in [0.29, 0.717) is 0 Å². The largest absolute Gasteiger partial charge is 0.411 e. The molecule has 0 bridgehead atoms. The molecule has 0 radical (unpaired) electrons. The van der Waals surface area contributed by atoms with Gasteiger partial charge in [-0.15, -0.1) is 0 Å². The van der Waals surface area contributed by atoms with Crippen LogP contribution in [0, 0.1) is 5.92 Å². The molecule has 1 atom stereocenters. The molecular weight excluding hydrogens is 102 g/mol. The molecule has 2 nitrogen and oxygen atoms in total. The van der Waals surface area contributed by atoms with Crippen molar-refractivity contribution in [2.24, 2.45) is 11.1 Å². The number of hydrogen-bond acceptors (Lipinski definition) is 2. The average molecular weight is 113 g/mol. The van der Waals surface area contributed by atoms with Crippen molar-refractivity contribution < 1.29 is 5.21 Å². The van der Waals surface area contributed by atoms with Crippen molar-refractivity contribution in [2.75, 3.05) is 0 Å². The van der Waals surface area contributed by atoms with Crippen molar-refractivity contribution >= 4 is 5.71 Å². The van der Waals surface area contributed by atoms with Crippen LogP contribution < -0.4 is 0 Å². The molecular formula is C6H11NO. The lowest BCUT2D eigenvalue weighted by molar-refractivity contribution is 0.317. The monoisotopic (exact) mass is 113 g/mol. The summed E-state index contributed by atoms with van der Waals surface area (Å²) >= 11 is 0. The summed E-state index contributed by atoms with van der Waals surface area (Å²) in [5.41, 5.74) is 0.970. The molecule has 2 heteroatoms. The fourth-order valence-corrected chi connectivity index (χ4v) is 1.11. The van der Waals surface area contributed by atoms with Crippen LogP contribution in [0.25, 0.3) is 0 Å². The van der Waals surface area contributed by atoms with Crippen molar-refractivity contribution in [1.29, 1.82) is 0 Å². The van der Waals surface area contributed by atoms with Crippen molar-refractivity contribution in [1.82, 2.24) is 0 Å². The Labute approximate surface area is 49.2 Å². The van der Waals surface area contributed by atoms with E-state index in [1.54, 1.807) is 0 Å². The van der Waals surface area contributed by atoms with Gasteiger partial charge < -0.3 is 5.21 Å². The standard InChI is InChI=1S/C6H11NO/c1-5-2-3-6(4-5)7-8/h5,8H,2-4H2,1H3/t5-/m1/s1. The van der Waals surface area contributed by atoms with Gasteiger partial charge in [-0.1, -0.05) is 12.1 Å². The normalized spacial score (nSPS) is 34.1. The predicted molar refractivity (Wildman–Crippen MR) is 32.2 cm³/mol. The van der Waals surface area contributed by atoms with Gasteiger partial charge in [0.15, 0.2) is 0 Å². The molecule has 0 saturated heterocycles. The number of rotatable bonds is 0. The van der Waals surface area contributed by atoms with Crippen LogP contribution in [0.2, 0.25) is 0 Å². The molecule has 0 spiro atoms. The quantitative estimate of drug-likeness (QED) is 0.376. The summed E-state index contributed by atoms with van der Waals surface area (Å²) < 4.78 is 0. The summed E-state index contributed by atoms with van der Waals surface area (Å²) in [6.07, 6.45) is 3.19. The molecule has 1 fully saturated rings. The van der Waals surface area contributed by atoms with Crippen LogP contribution in [0.1, 0.15) is 26.2 Å². The molecule has 0 aromatic heterocycles. The third kappa shape index (κ3) is 0.997. The van der Waals surface area contributed by atoms with Crippen molar-refractivity contribution in [3.8, 4) is 0 Å². The lowest BCUT2D eigenvalue weighted by atomic mass is 10.1. The van der Waals surface area contributed by atoms with Gasteiger partial charge in [0.25, 0.3) is 0 Å². The minimum atomic E-state index is 0.737. The van der Waals surface area contributed by atoms with Gasteiger partial charge in [0.1, 0.15) is 0 Å². The second kappa shape index (κ2) is 2.16. The Morgan fingerprint density at radius 1 is 1.75 bits per heavy atom. The SMILES string of the molecule is C[C@@H]1CCC(=NO)C1. The first kappa shape index (κ1) is 5.60. The van der Waals surface area contributed by atoms with E-state index in [0.717, 1.165) is 24.5 Å². The highest BCUT2D eigenvalue weighted by Crippen LogP contribution is 2.21. The summed E-state index contributed by atoms with van der Waals surface area (Å²) in [6, 6.07) is 0. The second-order valence-electron chi connectivity index (χ2n) is 2.51. The number of nitrogens with zero attached hydrogens (tertiary/aromatic N) is 1. The molecule has 0 heterocycles. The van der Waals surface area contributed by atoms with Gasteiger partial charge >= 0.3 is 0 Å². The van der Waals surface area contributed by atoms with Crippen LogP contribution in [0.5, 0.6) is 0 Å². The highest BCUT2D eigenvalue weighted by atomic mass is 16.4. The van der Waals surface area contributed by atoms with E-state index in [2.05, 4.69) is 12.1 Å². The Morgan fingerprint density at radius 3 is 2.75 bits per heavy atom. The molecule has 0 aromatic rings. The maximum atomic E-state index is 8.27. The Kier molecular flexibility index (Phi) is 1.51. The Bertz CT molecular complexity index is 109. The summed E-state index contributed by atoms with van der Waals surface area (Å²) in [6.45, 7) is 2.18. The third-order valence-electron chi connectivity index (χ3n) is 1.65. The molecule has 0 amide bonds. The van der Waals surface area contributed by atoms with Gasteiger partial charge in [0.05, 0.1) is 5.71 Å². The minimum absolute atomic E-state index is 0.737. The van der Waals surface area contributed by atoms with Crippen molar-refractivity contribution in [3.05, 3.63) is 0 Å². The molecule has 1 saturated carbocycles. The first-order valence-corrected chi connectivity index (χ1v) is 3.02. The van der Waals surface area contributed by atoms with Crippen molar-refractivity contribution in [2.45, 2.75) is 26.2 Å². The molecule has 1 aliphatic rings. The highest BCUT2D eigenvalue weighted by Gasteiger charge is 2.15. The molecule has 0 unspecified atom stereocenters. The topological polar surface area (TPSA) is 32.6 Å². The van der Waals surface area contributed by atoms with Crippen LogP contribution in [-0.4, -0.2) is 10.9 Å². The van der Waals surface area contributed by atoms with E-state index >= 15 is 0 Å². The number of hydrogen-bond donors (Lipinski definition) is 1. The van der Waals surface area contributed by atoms with Gasteiger partial charge in [0.2, 0.25) is 0 Å². The third-order valence-corrected chi connectivity index (χ3v) is 1.65. The van der Waals surface area contributed by atoms with Crippen LogP contribution in [0.3, 0.4) is 0 Å². The van der Waals surface area contributed by atoms with Crippen LogP contribution in [-0.2, 0) is 0 Å². The minimum Gasteiger partial charge on any atom is -0.411 e. The van der Waals surface area contributed by atoms with Crippen LogP contribution >= 0.6 is 0 Å². The van der Waals surface area contributed by atoms with Gasteiger partial charge in [-0.3, -0.25) is 0 Å². The van der Waals surface area contributed by atoms with Gasteiger partial charge in [-0.05, 0) is 25.2 Å². The van der Waals surface area contributed by atoms with E-state index in [-0.39, 0.29) is 0 Å². The predicted octanol–water partition coefficient (Wildman–Crippen LogP) is 1.64. The zero-order chi connectivity index (χ0) is 5.98. The van der Waals surface area contributed by atoms with E-state index in [4.69, 9.17) is 5.21 Å². The fraction of sp³-hybridized carbons (Fsp3) is 0.833. The molecule has 1 aliphatic carbocycles. The van der Waals surface area contributed by atoms with Crippen LogP contribution in [0.15, 0.2) is 5.16 Å². The van der Waals surface area contributed by atoms with E-state index in [9.17, 15) is 0 Å². The average Bonchev–Trinajstić information content (AvgIpc) is 2.14. The summed E-state index contributed by atoms with van der Waals surface area (Å²) in [4.78, 5) is 0. The molecule has 8 heavy (non-hydrogen) atoms. The van der Waals surface area contributed by atoms with Gasteiger partial charge in [-0.25, -0.2) is 0 Å². The van der Waals surface area contributed by atoms with E-state index in [1.807, 2.05) is 0 Å². The lowest BCUT2D eigenvalue weighted by Crippen LogP contribution is -1.89. The smallest absolute Gasteiger partial charge is 0.0573 e. The molecule has 1 rings (SSSR count). The summed E-state index contributed by atoms with van der Waals surface area (Å²) in [5.74, 6) is 0.737. The Hall–Kier alpha value is -0.530. The number of oxime groups is 1. The van der Waals surface area contributed by atoms with E-state index in [1.165, 1.54) is 6.42 Å². The summed E-state index contributed by atoms with van der Waals surface area (Å²) in [7, 11) is 0. The highest BCUT2D eigenvalue weighted by molar-refractivity contribution is 5.85. The molecule has 0 aromatic carbocycles. The maximum Gasteiger partial charge on any atom is 0.0573 e. The first-order chi connectivity index (χ1) is 3.83. The molecule has 1 N–H and O–H groups in total. The Balaban J connectivity index is 2.44. The van der Waals surface area contributed by atoms with Gasteiger partial charge in [-0.2, -0.15) is 0 Å². The zero-order valence-corrected chi connectivity index (χ0v) is 5.09. The van der Waals surface area contributed by atoms with Gasteiger partial charge in [0, 0.05) is 0 Å². The van der Waals surface area contributed by atoms with Crippen LogP contribution in [0.4, 0.5) is 0 Å². The van der Waals surface area contributed by atoms with Crippen molar-refractivity contribution in [3.63, 3.8) is 0 Å². The second-order valence-corrected chi connectivity index (χ2v) is 2.51. The zero-order valence-electron chi connectivity index (χ0n) is 5.09. The fourth-order valence-electron chi connectivity index (χ4n) is 1.11. The lowest BCUT2D eigenvalue weighted by Gasteiger charge is -1.91. The molecule has 0 aliphatic heterocycles. The first-order valence-electron chi connectivity index (χ1n) is 3.02. The molecule has 46 valence electrons. The maximum absolute atomic E-state index is 8.27.